The zero-order valence-corrected chi connectivity index (χ0v) is 14.0. The van der Waals surface area contributed by atoms with Crippen molar-refractivity contribution in [3.05, 3.63) is 44.5 Å². The van der Waals surface area contributed by atoms with Gasteiger partial charge in [0.25, 0.3) is 0 Å². The summed E-state index contributed by atoms with van der Waals surface area (Å²) in [5.41, 5.74) is -0.675. The van der Waals surface area contributed by atoms with Crippen molar-refractivity contribution in [1.29, 1.82) is 0 Å². The molecule has 0 unspecified atom stereocenters. The quantitative estimate of drug-likeness (QED) is 0.343. The molecular weight excluding hydrogens is 352 g/mol. The van der Waals surface area contributed by atoms with Gasteiger partial charge in [-0.05, 0) is 12.1 Å². The third kappa shape index (κ3) is 3.66. The van der Waals surface area contributed by atoms with Gasteiger partial charge >= 0.3 is 11.4 Å². The van der Waals surface area contributed by atoms with Gasteiger partial charge in [-0.1, -0.05) is 11.8 Å². The Hall–Kier alpha value is -3.21. The molecule has 0 radical (unpaired) electrons. The van der Waals surface area contributed by atoms with E-state index in [1.54, 1.807) is 0 Å². The number of anilines is 2. The number of nitrogens with one attached hydrogen (secondary N) is 2. The van der Waals surface area contributed by atoms with Gasteiger partial charge in [-0.15, -0.1) is 0 Å². The summed E-state index contributed by atoms with van der Waals surface area (Å²) in [7, 11) is 3.00. The molecule has 2 aromatic carbocycles. The Labute approximate surface area is 145 Å². The van der Waals surface area contributed by atoms with Crippen molar-refractivity contribution < 1.29 is 20.1 Å². The van der Waals surface area contributed by atoms with Gasteiger partial charge in [-0.25, -0.2) is 0 Å². The van der Waals surface area contributed by atoms with E-state index in [2.05, 4.69) is 10.6 Å². The molecule has 2 rings (SSSR count). The molecule has 25 heavy (non-hydrogen) atoms. The Morgan fingerprint density at radius 3 is 1.48 bits per heavy atom. The molecule has 4 N–H and O–H groups in total. The molecule has 0 spiro atoms. The number of nitro groups is 2. The van der Waals surface area contributed by atoms with E-state index in [1.165, 1.54) is 38.4 Å². The van der Waals surface area contributed by atoms with Crippen molar-refractivity contribution in [1.82, 2.24) is 0 Å². The topological polar surface area (TPSA) is 151 Å². The Morgan fingerprint density at radius 2 is 1.20 bits per heavy atom. The molecular formula is C14H14N4O6S. The highest BCUT2D eigenvalue weighted by atomic mass is 32.2. The van der Waals surface area contributed by atoms with Gasteiger partial charge in [0.1, 0.15) is 0 Å². The summed E-state index contributed by atoms with van der Waals surface area (Å²) in [5.74, 6) is -0.992. The standard InChI is InChI=1S/C14H14N4O6S/c1-15-9-3-7(5-11(13(9)19)17(21)22)25-8-4-10(16-2)14(20)12(6-8)18(23)24/h3-6,15-16,19-20H,1-2H3. The van der Waals surface area contributed by atoms with E-state index in [0.717, 1.165) is 11.8 Å². The zero-order chi connectivity index (χ0) is 18.7. The van der Waals surface area contributed by atoms with Crippen molar-refractivity contribution >= 4 is 34.5 Å². The second-order valence-electron chi connectivity index (χ2n) is 4.79. The van der Waals surface area contributed by atoms with E-state index < -0.39 is 32.7 Å². The fourth-order valence-corrected chi connectivity index (χ4v) is 3.07. The maximum atomic E-state index is 11.1. The van der Waals surface area contributed by atoms with Crippen LogP contribution in [0.2, 0.25) is 0 Å². The summed E-state index contributed by atoms with van der Waals surface area (Å²) >= 11 is 1.02. The number of hydrogen-bond acceptors (Lipinski definition) is 9. The van der Waals surface area contributed by atoms with Crippen LogP contribution >= 0.6 is 11.8 Å². The van der Waals surface area contributed by atoms with Crippen LogP contribution in [0.25, 0.3) is 0 Å². The van der Waals surface area contributed by atoms with Crippen molar-refractivity contribution in [2.24, 2.45) is 0 Å². The molecule has 0 aliphatic carbocycles. The van der Waals surface area contributed by atoms with Gasteiger partial charge in [-0.2, -0.15) is 0 Å². The monoisotopic (exact) mass is 366 g/mol. The van der Waals surface area contributed by atoms with Crippen LogP contribution in [-0.2, 0) is 0 Å². The minimum atomic E-state index is -0.724. The second kappa shape index (κ2) is 7.13. The molecule has 132 valence electrons. The van der Waals surface area contributed by atoms with Gasteiger partial charge in [0, 0.05) is 36.0 Å². The van der Waals surface area contributed by atoms with Crippen molar-refractivity contribution in [3.8, 4) is 11.5 Å². The Balaban J connectivity index is 2.53. The lowest BCUT2D eigenvalue weighted by Gasteiger charge is -2.10. The summed E-state index contributed by atoms with van der Waals surface area (Å²) < 4.78 is 0. The molecule has 0 atom stereocenters. The average molecular weight is 366 g/mol. The lowest BCUT2D eigenvalue weighted by atomic mass is 10.2. The summed E-state index contributed by atoms with van der Waals surface area (Å²) in [6, 6.07) is 5.28. The maximum absolute atomic E-state index is 11.1. The minimum absolute atomic E-state index is 0.152. The molecule has 0 aliphatic heterocycles. The molecule has 0 aliphatic rings. The molecule has 10 nitrogen and oxygen atoms in total. The number of nitrogens with zero attached hydrogens (tertiary/aromatic N) is 2. The summed E-state index contributed by atoms with van der Waals surface area (Å²) in [5, 5.41) is 47.1. The first-order valence-electron chi connectivity index (χ1n) is 6.84. The van der Waals surface area contributed by atoms with Crippen LogP contribution in [0.1, 0.15) is 0 Å². The summed E-state index contributed by atoms with van der Waals surface area (Å²) in [6.45, 7) is 0. The van der Waals surface area contributed by atoms with E-state index in [-0.39, 0.29) is 11.4 Å². The van der Waals surface area contributed by atoms with Gasteiger partial charge in [0.15, 0.2) is 0 Å². The van der Waals surface area contributed by atoms with Crippen molar-refractivity contribution in [2.45, 2.75) is 9.79 Å². The van der Waals surface area contributed by atoms with E-state index in [9.17, 15) is 30.4 Å². The van der Waals surface area contributed by atoms with E-state index in [0.29, 0.717) is 9.79 Å². The summed E-state index contributed by atoms with van der Waals surface area (Å²) in [6.07, 6.45) is 0. The first-order valence-corrected chi connectivity index (χ1v) is 7.66. The van der Waals surface area contributed by atoms with E-state index >= 15 is 0 Å². The Kier molecular flexibility index (Phi) is 5.17. The van der Waals surface area contributed by atoms with Crippen LogP contribution in [0.3, 0.4) is 0 Å². The van der Waals surface area contributed by atoms with Gasteiger partial charge in [0.2, 0.25) is 11.5 Å². The average Bonchev–Trinajstić information content (AvgIpc) is 2.56. The number of phenols is 2. The van der Waals surface area contributed by atoms with Crippen molar-refractivity contribution in [2.75, 3.05) is 24.7 Å². The third-order valence-corrected chi connectivity index (χ3v) is 4.24. The summed E-state index contributed by atoms with van der Waals surface area (Å²) in [4.78, 5) is 21.4. The molecule has 0 saturated carbocycles. The number of rotatable bonds is 6. The Bertz CT molecular complexity index is 788. The fourth-order valence-electron chi connectivity index (χ4n) is 2.10. The predicted molar refractivity (Wildman–Crippen MR) is 92.7 cm³/mol. The lowest BCUT2D eigenvalue weighted by molar-refractivity contribution is -0.386. The van der Waals surface area contributed by atoms with E-state index in [4.69, 9.17) is 0 Å². The second-order valence-corrected chi connectivity index (χ2v) is 5.94. The molecule has 0 fully saturated rings. The highest BCUT2D eigenvalue weighted by Crippen LogP contribution is 2.43. The molecule has 0 bridgehead atoms. The van der Waals surface area contributed by atoms with Gasteiger partial charge < -0.3 is 20.8 Å². The minimum Gasteiger partial charge on any atom is -0.501 e. The van der Waals surface area contributed by atoms with Crippen LogP contribution in [-0.4, -0.2) is 34.2 Å². The smallest absolute Gasteiger partial charge is 0.314 e. The predicted octanol–water partition coefficient (Wildman–Crippen LogP) is 3.15. The molecule has 0 heterocycles. The molecule has 11 heteroatoms. The number of benzene rings is 2. The van der Waals surface area contributed by atoms with Crippen LogP contribution in [0, 0.1) is 20.2 Å². The normalized spacial score (nSPS) is 10.3. The molecule has 0 saturated heterocycles. The number of hydrogen-bond donors (Lipinski definition) is 4. The van der Waals surface area contributed by atoms with Crippen LogP contribution in [0.5, 0.6) is 11.5 Å². The molecule has 0 aromatic heterocycles. The van der Waals surface area contributed by atoms with Crippen LogP contribution in [0.15, 0.2) is 34.1 Å². The van der Waals surface area contributed by atoms with E-state index in [1.807, 2.05) is 0 Å². The number of nitro benzene ring substituents is 2. The fraction of sp³-hybridized carbons (Fsp3) is 0.143. The maximum Gasteiger partial charge on any atom is 0.314 e. The number of phenolic OH excluding ortho intramolecular Hbond substituents is 2. The van der Waals surface area contributed by atoms with Crippen LogP contribution < -0.4 is 10.6 Å². The van der Waals surface area contributed by atoms with Crippen molar-refractivity contribution in [3.63, 3.8) is 0 Å². The highest BCUT2D eigenvalue weighted by Gasteiger charge is 2.22. The van der Waals surface area contributed by atoms with Crippen LogP contribution in [0.4, 0.5) is 22.7 Å². The SMILES string of the molecule is CNc1cc(Sc2cc(NC)c(O)c([N+](=O)[O-])c2)cc([N+](=O)[O-])c1O. The highest BCUT2D eigenvalue weighted by molar-refractivity contribution is 7.99. The van der Waals surface area contributed by atoms with Gasteiger partial charge in [0.05, 0.1) is 21.2 Å². The molecule has 0 amide bonds. The largest absolute Gasteiger partial charge is 0.501 e. The molecule has 2 aromatic rings. The Morgan fingerprint density at radius 1 is 0.840 bits per heavy atom. The lowest BCUT2D eigenvalue weighted by Crippen LogP contribution is -1.96. The van der Waals surface area contributed by atoms with Gasteiger partial charge in [-0.3, -0.25) is 20.2 Å². The first-order chi connectivity index (χ1) is 11.8. The number of aromatic hydroxyl groups is 2. The third-order valence-electron chi connectivity index (χ3n) is 3.29. The first kappa shape index (κ1) is 18.1. The zero-order valence-electron chi connectivity index (χ0n) is 13.1.